The molecule has 22 heavy (non-hydrogen) atoms. The zero-order valence-corrected chi connectivity index (χ0v) is 12.3. The fourth-order valence-electron chi connectivity index (χ4n) is 1.17. The van der Waals surface area contributed by atoms with E-state index in [9.17, 15) is 19.2 Å². The van der Waals surface area contributed by atoms with Crippen molar-refractivity contribution in [1.29, 1.82) is 0 Å². The van der Waals surface area contributed by atoms with Crippen LogP contribution in [-0.4, -0.2) is 87.0 Å². The molecule has 0 rings (SSSR count). The molecule has 0 saturated carbocycles. The summed E-state index contributed by atoms with van der Waals surface area (Å²) in [4.78, 5) is 42.4. The second kappa shape index (κ2) is 13.9. The van der Waals surface area contributed by atoms with Crippen LogP contribution in [0, 0.1) is 0 Å². The van der Waals surface area contributed by atoms with Gasteiger partial charge in [-0.3, -0.25) is 0 Å². The van der Waals surface area contributed by atoms with E-state index in [0.29, 0.717) is 13.1 Å². The molecule has 0 atom stereocenters. The van der Waals surface area contributed by atoms with Crippen molar-refractivity contribution in [3.8, 4) is 0 Å². The molecule has 0 aromatic carbocycles. The molecule has 0 aromatic rings. The summed E-state index contributed by atoms with van der Waals surface area (Å²) in [7, 11) is 0. The van der Waals surface area contributed by atoms with E-state index in [1.165, 1.54) is 0 Å². The SMILES string of the molecule is NCCN.O=C(O)[CH2][Fe]([CH2]C(=O)O)([CH2]C(=O)O)[CH2]C(=O)O.[NaH]. The van der Waals surface area contributed by atoms with E-state index in [1.807, 2.05) is 0 Å². The molecule has 0 aromatic heterocycles. The summed E-state index contributed by atoms with van der Waals surface area (Å²) in [6.45, 7) is 1.19. The van der Waals surface area contributed by atoms with Gasteiger partial charge in [0.05, 0.1) is 0 Å². The first-order valence-corrected chi connectivity index (χ1v) is 8.56. The van der Waals surface area contributed by atoms with Gasteiger partial charge in [-0.05, 0) is 0 Å². The van der Waals surface area contributed by atoms with Gasteiger partial charge < -0.3 is 11.5 Å². The van der Waals surface area contributed by atoms with Gasteiger partial charge in [0.1, 0.15) is 0 Å². The first kappa shape index (κ1) is 26.2. The van der Waals surface area contributed by atoms with Crippen LogP contribution in [-0.2, 0) is 32.0 Å². The monoisotopic (exact) mass is 376 g/mol. The van der Waals surface area contributed by atoms with Crippen molar-refractivity contribution in [3.63, 3.8) is 0 Å². The van der Waals surface area contributed by atoms with Crippen LogP contribution < -0.4 is 11.5 Å². The van der Waals surface area contributed by atoms with Gasteiger partial charge in [0.15, 0.2) is 0 Å². The summed E-state index contributed by atoms with van der Waals surface area (Å²) >= 11 is -3.28. The third kappa shape index (κ3) is 15.7. The van der Waals surface area contributed by atoms with Crippen molar-refractivity contribution in [2.45, 2.75) is 21.3 Å². The zero-order valence-electron chi connectivity index (χ0n) is 11.2. The predicted octanol–water partition coefficient (Wildman–Crippen LogP) is -1.59. The molecule has 8 N–H and O–H groups in total. The molecular weight excluding hydrogens is 355 g/mol. The Hall–Kier alpha value is -0.681. The molecule has 0 saturated heterocycles. The van der Waals surface area contributed by atoms with Crippen molar-refractivity contribution >= 4 is 53.4 Å². The van der Waals surface area contributed by atoms with Gasteiger partial charge in [0.2, 0.25) is 0 Å². The number of hydrogen-bond acceptors (Lipinski definition) is 6. The maximum absolute atomic E-state index is 10.6. The molecule has 0 radical (unpaired) electrons. The third-order valence-electron chi connectivity index (χ3n) is 1.66. The zero-order chi connectivity index (χ0) is 17.1. The van der Waals surface area contributed by atoms with Gasteiger partial charge in [-0.1, -0.05) is 0 Å². The Morgan fingerprint density at radius 3 is 0.909 bits per heavy atom. The average molecular weight is 376 g/mol. The van der Waals surface area contributed by atoms with Gasteiger partial charge in [-0.15, -0.1) is 0 Å². The molecule has 0 heterocycles. The second-order valence-corrected chi connectivity index (χ2v) is 8.59. The van der Waals surface area contributed by atoms with E-state index in [2.05, 4.69) is 0 Å². The molecule has 0 fully saturated rings. The number of carboxylic acids is 4. The summed E-state index contributed by atoms with van der Waals surface area (Å²) in [6, 6.07) is 0. The number of aliphatic carboxylic acids is 4. The molecule has 128 valence electrons. The van der Waals surface area contributed by atoms with Crippen LogP contribution in [0.25, 0.3) is 0 Å². The van der Waals surface area contributed by atoms with Crippen LogP contribution >= 0.6 is 0 Å². The Labute approximate surface area is 151 Å². The first-order chi connectivity index (χ1) is 9.58. The van der Waals surface area contributed by atoms with Crippen molar-refractivity contribution in [3.05, 3.63) is 0 Å². The van der Waals surface area contributed by atoms with Crippen LogP contribution in [0.3, 0.4) is 0 Å². The molecule has 10 nitrogen and oxygen atoms in total. The van der Waals surface area contributed by atoms with Crippen molar-refractivity contribution in [2.24, 2.45) is 11.5 Å². The van der Waals surface area contributed by atoms with E-state index in [4.69, 9.17) is 31.9 Å². The summed E-state index contributed by atoms with van der Waals surface area (Å²) < 4.78 is 0. The normalized spacial score (nSPS) is 10.5. The Bertz CT molecular complexity index is 322. The fraction of sp³-hybridized carbons (Fsp3) is 0.600. The fourth-order valence-corrected chi connectivity index (χ4v) is 4.83. The summed E-state index contributed by atoms with van der Waals surface area (Å²) in [5.74, 6) is -5.52. The standard InChI is InChI=1S/C2H8N2.4C2H3O2.Fe.Na.H/c3-1-2-4;4*1-2(3)4;;;/h1-4H2;4*1H2,(H,3,4);;;. The average Bonchev–Trinajstić information content (AvgIpc) is 2.24. The maximum atomic E-state index is 10.6. The number of hydrogen-bond donors (Lipinski definition) is 6. The Morgan fingerprint density at radius 1 is 0.636 bits per heavy atom. The number of carboxylic acid groups (broad SMARTS) is 4. The minimum atomic E-state index is -3.28. The Morgan fingerprint density at radius 2 is 0.818 bits per heavy atom. The molecule has 12 heteroatoms. The van der Waals surface area contributed by atoms with Crippen LogP contribution in [0.5, 0.6) is 0 Å². The topological polar surface area (TPSA) is 201 Å². The third-order valence-corrected chi connectivity index (χ3v) is 6.30. The summed E-state index contributed by atoms with van der Waals surface area (Å²) in [6.07, 6.45) is 0. The van der Waals surface area contributed by atoms with Crippen LogP contribution in [0.2, 0.25) is 21.3 Å². The van der Waals surface area contributed by atoms with E-state index >= 15 is 0 Å². The van der Waals surface area contributed by atoms with Crippen LogP contribution in [0.15, 0.2) is 0 Å². The first-order valence-electron chi connectivity index (χ1n) is 5.44. The van der Waals surface area contributed by atoms with E-state index < -0.39 is 58.0 Å². The molecule has 0 aliphatic rings. The molecule has 0 unspecified atom stereocenters. The van der Waals surface area contributed by atoms with Crippen molar-refractivity contribution in [1.82, 2.24) is 0 Å². The second-order valence-electron chi connectivity index (χ2n) is 3.71. The molecular formula is C10H21FeN2NaO8. The number of nitrogens with two attached hydrogens (primary N) is 2. The van der Waals surface area contributed by atoms with Gasteiger partial charge >= 0.3 is 127 Å². The Balaban J connectivity index is -0.000000640. The van der Waals surface area contributed by atoms with E-state index in [1.54, 1.807) is 0 Å². The molecule has 0 spiro atoms. The molecule has 0 aliphatic heterocycles. The van der Waals surface area contributed by atoms with Crippen molar-refractivity contribution < 1.29 is 52.4 Å². The van der Waals surface area contributed by atoms with Crippen LogP contribution in [0.1, 0.15) is 0 Å². The molecule has 0 aliphatic carbocycles. The van der Waals surface area contributed by atoms with Gasteiger partial charge in [0.25, 0.3) is 0 Å². The quantitative estimate of drug-likeness (QED) is 0.255. The van der Waals surface area contributed by atoms with Gasteiger partial charge in [0, 0.05) is 13.1 Å². The summed E-state index contributed by atoms with van der Waals surface area (Å²) in [5.41, 5.74) is 9.81. The van der Waals surface area contributed by atoms with Crippen LogP contribution in [0.4, 0.5) is 0 Å². The van der Waals surface area contributed by atoms with Gasteiger partial charge in [-0.25, -0.2) is 0 Å². The van der Waals surface area contributed by atoms with E-state index in [0.717, 1.165) is 0 Å². The number of rotatable bonds is 9. The Kier molecular flexibility index (Phi) is 16.6. The van der Waals surface area contributed by atoms with Gasteiger partial charge in [-0.2, -0.15) is 0 Å². The van der Waals surface area contributed by atoms with E-state index in [-0.39, 0.29) is 29.6 Å². The summed E-state index contributed by atoms with van der Waals surface area (Å²) in [5, 5.41) is 31.8. The minimum absolute atomic E-state index is 0. The number of carbonyl (C=O) groups is 4. The van der Waals surface area contributed by atoms with Crippen molar-refractivity contribution in [2.75, 3.05) is 13.1 Å². The molecule has 0 bridgehead atoms. The molecule has 0 amide bonds. The predicted molar refractivity (Wildman–Crippen MR) is 75.0 cm³/mol.